The summed E-state index contributed by atoms with van der Waals surface area (Å²) in [6.45, 7) is 0.329. The number of benzene rings is 2. The van der Waals surface area contributed by atoms with Crippen LogP contribution in [-0.2, 0) is 17.5 Å². The highest BCUT2D eigenvalue weighted by molar-refractivity contribution is 6.30. The number of carbonyl (C=O) groups excluding carboxylic acids is 2. The Balaban J connectivity index is 1.39. The number of rotatable bonds is 7. The lowest BCUT2D eigenvalue weighted by Crippen LogP contribution is -2.39. The first-order valence-corrected chi connectivity index (χ1v) is 9.33. The summed E-state index contributed by atoms with van der Waals surface area (Å²) in [4.78, 5) is 24.0. The van der Waals surface area contributed by atoms with E-state index in [9.17, 15) is 22.8 Å². The summed E-state index contributed by atoms with van der Waals surface area (Å²) in [5.74, 6) is -1.13. The van der Waals surface area contributed by atoms with Crippen molar-refractivity contribution in [3.05, 3.63) is 70.2 Å². The van der Waals surface area contributed by atoms with Gasteiger partial charge in [0.25, 0.3) is 5.91 Å². The fourth-order valence-electron chi connectivity index (χ4n) is 2.79. The summed E-state index contributed by atoms with van der Waals surface area (Å²) >= 11 is 5.84. The van der Waals surface area contributed by atoms with Crippen LogP contribution in [0.15, 0.2) is 48.5 Å². The first kappa shape index (κ1) is 21.1. The molecule has 0 aliphatic heterocycles. The molecular weight excluding hydrogens is 407 g/mol. The fraction of sp³-hybridized carbons (Fsp3) is 0.300. The quantitative estimate of drug-likeness (QED) is 0.638. The van der Waals surface area contributed by atoms with Crippen molar-refractivity contribution >= 4 is 23.4 Å². The highest BCUT2D eigenvalue weighted by atomic mass is 35.5. The van der Waals surface area contributed by atoms with Crippen molar-refractivity contribution in [1.29, 1.82) is 0 Å². The molecular formula is C20H19ClF3N3O2. The minimum Gasteiger partial charge on any atom is -0.350 e. The van der Waals surface area contributed by atoms with Crippen LogP contribution in [0.4, 0.5) is 13.2 Å². The van der Waals surface area contributed by atoms with Gasteiger partial charge in [-0.1, -0.05) is 29.8 Å². The highest BCUT2D eigenvalue weighted by Gasteiger charge is 2.37. The molecule has 2 amide bonds. The predicted molar refractivity (Wildman–Crippen MR) is 102 cm³/mol. The van der Waals surface area contributed by atoms with Gasteiger partial charge in [-0.2, -0.15) is 13.2 Å². The number of hydrogen-bond acceptors (Lipinski definition) is 3. The van der Waals surface area contributed by atoms with E-state index in [0.717, 1.165) is 30.2 Å². The van der Waals surface area contributed by atoms with Gasteiger partial charge in [0.1, 0.15) is 0 Å². The number of carbonyl (C=O) groups is 2. The number of alkyl halides is 3. The molecule has 0 spiro atoms. The monoisotopic (exact) mass is 425 g/mol. The average molecular weight is 426 g/mol. The van der Waals surface area contributed by atoms with Crippen molar-refractivity contribution in [2.75, 3.05) is 6.54 Å². The van der Waals surface area contributed by atoms with Gasteiger partial charge >= 0.3 is 6.18 Å². The van der Waals surface area contributed by atoms with Crippen molar-refractivity contribution in [1.82, 2.24) is 16.0 Å². The van der Waals surface area contributed by atoms with E-state index in [4.69, 9.17) is 11.6 Å². The molecule has 0 heterocycles. The number of nitrogens with one attached hydrogen (secondary N) is 3. The maximum atomic E-state index is 12.7. The van der Waals surface area contributed by atoms with E-state index in [1.54, 1.807) is 12.1 Å². The minimum absolute atomic E-state index is 0.0414. The van der Waals surface area contributed by atoms with Crippen LogP contribution in [0.5, 0.6) is 0 Å². The van der Waals surface area contributed by atoms with Crippen LogP contribution >= 0.6 is 11.6 Å². The fourth-order valence-corrected chi connectivity index (χ4v) is 2.91. The zero-order valence-corrected chi connectivity index (χ0v) is 16.0. The molecule has 3 rings (SSSR count). The smallest absolute Gasteiger partial charge is 0.350 e. The Morgan fingerprint density at radius 2 is 1.79 bits per heavy atom. The van der Waals surface area contributed by atoms with Gasteiger partial charge in [-0.25, -0.2) is 0 Å². The molecule has 0 aromatic heterocycles. The van der Waals surface area contributed by atoms with Gasteiger partial charge in [0.2, 0.25) is 5.91 Å². The summed E-state index contributed by atoms with van der Waals surface area (Å²) in [5, 5.41) is 9.08. The van der Waals surface area contributed by atoms with E-state index in [1.807, 2.05) is 12.1 Å². The van der Waals surface area contributed by atoms with Gasteiger partial charge in [-0.05, 0) is 42.3 Å². The number of halogens is 4. The highest BCUT2D eigenvalue weighted by Crippen LogP contribution is 2.29. The molecule has 0 bridgehead atoms. The molecule has 2 aromatic rings. The summed E-state index contributed by atoms with van der Waals surface area (Å²) in [7, 11) is 0. The average Bonchev–Trinajstić information content (AvgIpc) is 3.42. The first-order valence-electron chi connectivity index (χ1n) is 8.95. The van der Waals surface area contributed by atoms with Crippen molar-refractivity contribution < 1.29 is 22.8 Å². The van der Waals surface area contributed by atoms with Crippen molar-refractivity contribution in [2.24, 2.45) is 0 Å². The maximum absolute atomic E-state index is 12.7. The summed E-state index contributed by atoms with van der Waals surface area (Å²) in [5.41, 5.74) is 0.00321. The van der Waals surface area contributed by atoms with Crippen LogP contribution < -0.4 is 16.0 Å². The SMILES string of the molecule is O=C(CNC(=O)c1cccc(C(F)(F)F)c1)N[C@@H]1C[C@@H]1NCc1ccc(Cl)cc1. The van der Waals surface area contributed by atoms with Gasteiger partial charge in [0.05, 0.1) is 12.1 Å². The Bertz CT molecular complexity index is 887. The maximum Gasteiger partial charge on any atom is 0.416 e. The normalized spacial score (nSPS) is 18.2. The molecule has 0 saturated heterocycles. The van der Waals surface area contributed by atoms with Crippen LogP contribution in [0.25, 0.3) is 0 Å². The molecule has 2 atom stereocenters. The Hall–Kier alpha value is -2.58. The molecule has 0 unspecified atom stereocenters. The van der Waals surface area contributed by atoms with E-state index in [1.165, 1.54) is 6.07 Å². The number of amides is 2. The second-order valence-electron chi connectivity index (χ2n) is 6.78. The molecule has 0 radical (unpaired) electrons. The second kappa shape index (κ2) is 8.84. The lowest BCUT2D eigenvalue weighted by atomic mass is 10.1. The summed E-state index contributed by atoms with van der Waals surface area (Å²) in [6, 6.07) is 11.6. The molecule has 1 aliphatic carbocycles. The van der Waals surface area contributed by atoms with Crippen LogP contribution in [0.3, 0.4) is 0 Å². The molecule has 3 N–H and O–H groups in total. The van der Waals surface area contributed by atoms with Crippen LogP contribution in [0.1, 0.15) is 27.9 Å². The summed E-state index contributed by atoms with van der Waals surface area (Å²) < 4.78 is 38.1. The molecule has 2 aromatic carbocycles. The Kier molecular flexibility index (Phi) is 6.44. The van der Waals surface area contributed by atoms with Gasteiger partial charge in [0, 0.05) is 29.2 Å². The lowest BCUT2D eigenvalue weighted by molar-refractivity contribution is -0.137. The van der Waals surface area contributed by atoms with Crippen LogP contribution in [0, 0.1) is 0 Å². The topological polar surface area (TPSA) is 70.2 Å². The Labute approximate surface area is 170 Å². The molecule has 1 aliphatic rings. The van der Waals surface area contributed by atoms with E-state index in [2.05, 4.69) is 16.0 Å². The van der Waals surface area contributed by atoms with Crippen LogP contribution in [-0.4, -0.2) is 30.4 Å². The standard InChI is InChI=1S/C20H19ClF3N3O2/c21-15-6-4-12(5-7-15)10-25-16-9-17(16)27-18(28)11-26-19(29)13-2-1-3-14(8-13)20(22,23)24/h1-8,16-17,25H,9-11H2,(H,26,29)(H,27,28)/t16-,17+/m0/s1. The molecule has 1 fully saturated rings. The lowest BCUT2D eigenvalue weighted by Gasteiger charge is -2.10. The van der Waals surface area contributed by atoms with E-state index in [-0.39, 0.29) is 24.2 Å². The molecule has 29 heavy (non-hydrogen) atoms. The van der Waals surface area contributed by atoms with Crippen molar-refractivity contribution in [3.8, 4) is 0 Å². The third-order valence-electron chi connectivity index (χ3n) is 4.48. The Morgan fingerprint density at radius 1 is 1.07 bits per heavy atom. The van der Waals surface area contributed by atoms with Crippen molar-refractivity contribution in [2.45, 2.75) is 31.2 Å². The summed E-state index contributed by atoms with van der Waals surface area (Å²) in [6.07, 6.45) is -3.77. The van der Waals surface area contributed by atoms with E-state index in [0.29, 0.717) is 11.6 Å². The van der Waals surface area contributed by atoms with Crippen LogP contribution in [0.2, 0.25) is 5.02 Å². The van der Waals surface area contributed by atoms with Gasteiger partial charge in [-0.3, -0.25) is 9.59 Å². The second-order valence-corrected chi connectivity index (χ2v) is 7.22. The molecule has 5 nitrogen and oxygen atoms in total. The largest absolute Gasteiger partial charge is 0.416 e. The van der Waals surface area contributed by atoms with E-state index < -0.39 is 23.6 Å². The van der Waals surface area contributed by atoms with Crippen molar-refractivity contribution in [3.63, 3.8) is 0 Å². The number of hydrogen-bond donors (Lipinski definition) is 3. The molecule has 154 valence electrons. The zero-order valence-electron chi connectivity index (χ0n) is 15.2. The third kappa shape index (κ3) is 6.20. The van der Waals surface area contributed by atoms with Gasteiger partial charge in [0.15, 0.2) is 0 Å². The minimum atomic E-state index is -4.53. The predicted octanol–water partition coefficient (Wildman–Crippen LogP) is 3.14. The van der Waals surface area contributed by atoms with Gasteiger partial charge in [-0.15, -0.1) is 0 Å². The molecule has 9 heteroatoms. The Morgan fingerprint density at radius 3 is 2.48 bits per heavy atom. The third-order valence-corrected chi connectivity index (χ3v) is 4.73. The molecule has 1 saturated carbocycles. The first-order chi connectivity index (χ1) is 13.7. The zero-order chi connectivity index (χ0) is 21.0. The van der Waals surface area contributed by atoms with E-state index >= 15 is 0 Å². The van der Waals surface area contributed by atoms with Gasteiger partial charge < -0.3 is 16.0 Å².